The van der Waals surface area contributed by atoms with E-state index in [-0.39, 0.29) is 29.8 Å². The Hall–Kier alpha value is -1.99. The van der Waals surface area contributed by atoms with Gasteiger partial charge in [-0.15, -0.1) is 0 Å². The smallest absolute Gasteiger partial charge is 0.282 e. The minimum absolute atomic E-state index is 0.111. The molecule has 0 bridgehead atoms. The number of carbonyl (C=O) groups is 1. The molecule has 2 unspecified atom stereocenters. The van der Waals surface area contributed by atoms with Gasteiger partial charge in [-0.2, -0.15) is 4.99 Å². The molecule has 1 aliphatic carbocycles. The molecule has 7 heteroatoms. The summed E-state index contributed by atoms with van der Waals surface area (Å²) in [4.78, 5) is 23.4. The molecule has 2 atom stereocenters. The molecule has 1 saturated heterocycles. The number of nitrogens with one attached hydrogen (secondary N) is 1. The standard InChI is InChI=1S/C23H37N5O2/c1-4-23(15-29)14-28(11-10-20(23)27-18-8-6-5-7-9-18)21-19(12-16(2)13-25-21)22(30)26-17(3)24/h12-13,18,20,27,29H,4-11,14-15H2,1-3H3,(H2,24,26,30). The third kappa shape index (κ3) is 5.01. The lowest BCUT2D eigenvalue weighted by atomic mass is 9.73. The summed E-state index contributed by atoms with van der Waals surface area (Å²) in [6.07, 6.45) is 9.90. The first-order valence-corrected chi connectivity index (χ1v) is 11.3. The van der Waals surface area contributed by atoms with Gasteiger partial charge in [0.05, 0.1) is 12.2 Å². The van der Waals surface area contributed by atoms with Crippen LogP contribution >= 0.6 is 0 Å². The molecule has 0 aromatic carbocycles. The monoisotopic (exact) mass is 415 g/mol. The highest BCUT2D eigenvalue weighted by molar-refractivity contribution is 6.05. The van der Waals surface area contributed by atoms with Crippen molar-refractivity contribution in [3.05, 3.63) is 23.4 Å². The predicted molar refractivity (Wildman–Crippen MR) is 121 cm³/mol. The van der Waals surface area contributed by atoms with Crippen molar-refractivity contribution in [1.82, 2.24) is 10.3 Å². The molecule has 2 aliphatic rings. The molecule has 166 valence electrons. The number of amides is 1. The summed E-state index contributed by atoms with van der Waals surface area (Å²) < 4.78 is 0. The molecule has 4 N–H and O–H groups in total. The van der Waals surface area contributed by atoms with Gasteiger partial charge in [0.15, 0.2) is 0 Å². The van der Waals surface area contributed by atoms with E-state index in [2.05, 4.69) is 27.1 Å². The number of aryl methyl sites for hydroxylation is 1. The van der Waals surface area contributed by atoms with Gasteiger partial charge in [0.1, 0.15) is 11.7 Å². The van der Waals surface area contributed by atoms with E-state index >= 15 is 0 Å². The van der Waals surface area contributed by atoms with E-state index in [9.17, 15) is 9.90 Å². The predicted octanol–water partition coefficient (Wildman–Crippen LogP) is 2.80. The number of pyridine rings is 1. The molecule has 3 rings (SSSR count). The van der Waals surface area contributed by atoms with Crippen LogP contribution in [0.15, 0.2) is 17.3 Å². The molecular formula is C23H37N5O2. The molecule has 1 amide bonds. The molecule has 30 heavy (non-hydrogen) atoms. The maximum Gasteiger partial charge on any atom is 0.282 e. The van der Waals surface area contributed by atoms with Crippen molar-refractivity contribution in [1.29, 1.82) is 0 Å². The number of anilines is 1. The minimum Gasteiger partial charge on any atom is -0.396 e. The fourth-order valence-corrected chi connectivity index (χ4v) is 4.98. The van der Waals surface area contributed by atoms with Gasteiger partial charge in [0, 0.05) is 36.8 Å². The lowest BCUT2D eigenvalue weighted by Crippen LogP contribution is -2.60. The highest BCUT2D eigenvalue weighted by Crippen LogP contribution is 2.37. The topological polar surface area (TPSA) is 104 Å². The Bertz CT molecular complexity index is 765. The van der Waals surface area contributed by atoms with Gasteiger partial charge in [-0.25, -0.2) is 4.98 Å². The zero-order valence-corrected chi connectivity index (χ0v) is 18.7. The molecule has 1 saturated carbocycles. The summed E-state index contributed by atoms with van der Waals surface area (Å²) in [6.45, 7) is 7.22. The number of aliphatic hydroxyl groups excluding tert-OH is 1. The number of aliphatic imine (C=N–C) groups is 1. The zero-order valence-electron chi connectivity index (χ0n) is 18.7. The van der Waals surface area contributed by atoms with Gasteiger partial charge >= 0.3 is 0 Å². The molecule has 0 radical (unpaired) electrons. The number of carbonyl (C=O) groups excluding carboxylic acids is 1. The lowest BCUT2D eigenvalue weighted by Gasteiger charge is -2.49. The normalized spacial score (nSPS) is 26.1. The maximum absolute atomic E-state index is 12.7. The number of nitrogens with two attached hydrogens (primary N) is 1. The van der Waals surface area contributed by atoms with Gasteiger partial charge in [0.25, 0.3) is 5.91 Å². The summed E-state index contributed by atoms with van der Waals surface area (Å²) >= 11 is 0. The summed E-state index contributed by atoms with van der Waals surface area (Å²) in [5.74, 6) is 0.508. The molecule has 7 nitrogen and oxygen atoms in total. The summed E-state index contributed by atoms with van der Waals surface area (Å²) in [7, 11) is 0. The number of nitrogens with zero attached hydrogens (tertiary/aromatic N) is 3. The highest BCUT2D eigenvalue weighted by Gasteiger charge is 2.43. The van der Waals surface area contributed by atoms with Crippen molar-refractivity contribution >= 4 is 17.6 Å². The number of amidine groups is 1. The van der Waals surface area contributed by atoms with Crippen LogP contribution in [-0.4, -0.2) is 53.6 Å². The SMILES string of the molecule is CCC1(CO)CN(c2ncc(C)cc2C(=O)N=C(C)N)CCC1NC1CCCCC1. The van der Waals surface area contributed by atoms with Crippen molar-refractivity contribution < 1.29 is 9.90 Å². The Morgan fingerprint density at radius 3 is 2.73 bits per heavy atom. The van der Waals surface area contributed by atoms with Gasteiger partial charge < -0.3 is 21.1 Å². The maximum atomic E-state index is 12.7. The van der Waals surface area contributed by atoms with E-state index in [1.165, 1.54) is 32.1 Å². The van der Waals surface area contributed by atoms with E-state index in [1.54, 1.807) is 13.1 Å². The Morgan fingerprint density at radius 2 is 2.10 bits per heavy atom. The molecule has 1 aromatic heterocycles. The first-order valence-electron chi connectivity index (χ1n) is 11.3. The van der Waals surface area contributed by atoms with Crippen LogP contribution in [0.5, 0.6) is 0 Å². The molecule has 2 fully saturated rings. The molecule has 0 spiro atoms. The fraction of sp³-hybridized carbons (Fsp3) is 0.696. The second-order valence-electron chi connectivity index (χ2n) is 9.08. The van der Waals surface area contributed by atoms with Crippen molar-refractivity contribution in [2.45, 2.75) is 77.8 Å². The van der Waals surface area contributed by atoms with Crippen molar-refractivity contribution in [3.8, 4) is 0 Å². The van der Waals surface area contributed by atoms with Gasteiger partial charge in [-0.3, -0.25) is 4.79 Å². The average Bonchev–Trinajstić information content (AvgIpc) is 2.74. The van der Waals surface area contributed by atoms with Gasteiger partial charge in [-0.05, 0) is 51.2 Å². The van der Waals surface area contributed by atoms with Crippen LogP contribution in [0.2, 0.25) is 0 Å². The number of aromatic nitrogens is 1. The summed E-state index contributed by atoms with van der Waals surface area (Å²) in [5, 5.41) is 14.3. The van der Waals surface area contributed by atoms with Crippen LogP contribution in [0.3, 0.4) is 0 Å². The van der Waals surface area contributed by atoms with E-state index in [1.807, 2.05) is 13.0 Å². The van der Waals surface area contributed by atoms with E-state index in [0.717, 1.165) is 24.9 Å². The summed E-state index contributed by atoms with van der Waals surface area (Å²) in [5.41, 5.74) is 6.76. The largest absolute Gasteiger partial charge is 0.396 e. The van der Waals surface area contributed by atoms with E-state index in [4.69, 9.17) is 5.73 Å². The van der Waals surface area contributed by atoms with Gasteiger partial charge in [-0.1, -0.05) is 26.2 Å². The molecule has 1 aliphatic heterocycles. The molecule has 2 heterocycles. The summed E-state index contributed by atoms with van der Waals surface area (Å²) in [6, 6.07) is 2.64. The first-order chi connectivity index (χ1) is 14.4. The van der Waals surface area contributed by atoms with Crippen LogP contribution in [0.1, 0.15) is 74.7 Å². The Kier molecular flexibility index (Phi) is 7.47. The second kappa shape index (κ2) is 9.88. The average molecular weight is 416 g/mol. The van der Waals surface area contributed by atoms with Crippen LogP contribution < -0.4 is 16.0 Å². The lowest BCUT2D eigenvalue weighted by molar-refractivity contribution is 0.0561. The van der Waals surface area contributed by atoms with Gasteiger partial charge in [0.2, 0.25) is 0 Å². The van der Waals surface area contributed by atoms with Crippen molar-refractivity contribution in [2.75, 3.05) is 24.6 Å². The third-order valence-corrected chi connectivity index (χ3v) is 6.80. The van der Waals surface area contributed by atoms with E-state index < -0.39 is 0 Å². The Morgan fingerprint density at radius 1 is 1.37 bits per heavy atom. The minimum atomic E-state index is -0.366. The van der Waals surface area contributed by atoms with Crippen LogP contribution in [0.4, 0.5) is 5.82 Å². The van der Waals surface area contributed by atoms with Crippen LogP contribution in [0.25, 0.3) is 0 Å². The van der Waals surface area contributed by atoms with Crippen molar-refractivity contribution in [2.24, 2.45) is 16.1 Å². The number of rotatable bonds is 6. The first kappa shape index (κ1) is 22.7. The Labute approximate surface area is 180 Å². The molecular weight excluding hydrogens is 378 g/mol. The number of aliphatic hydroxyl groups is 1. The van der Waals surface area contributed by atoms with Crippen LogP contribution in [0, 0.1) is 12.3 Å². The number of piperidine rings is 1. The fourth-order valence-electron chi connectivity index (χ4n) is 4.98. The van der Waals surface area contributed by atoms with Crippen LogP contribution in [-0.2, 0) is 0 Å². The number of hydrogen-bond donors (Lipinski definition) is 3. The number of hydrogen-bond acceptors (Lipinski definition) is 5. The third-order valence-electron chi connectivity index (χ3n) is 6.80. The quantitative estimate of drug-likeness (QED) is 0.488. The zero-order chi connectivity index (χ0) is 21.7. The second-order valence-corrected chi connectivity index (χ2v) is 9.08. The highest BCUT2D eigenvalue weighted by atomic mass is 16.3. The Balaban J connectivity index is 1.85. The van der Waals surface area contributed by atoms with E-state index in [0.29, 0.717) is 24.0 Å². The molecule has 1 aromatic rings. The van der Waals surface area contributed by atoms with Crippen molar-refractivity contribution in [3.63, 3.8) is 0 Å².